The smallest absolute Gasteiger partial charge is 0.313 e. The van der Waals surface area contributed by atoms with Crippen molar-refractivity contribution in [2.24, 2.45) is 46.3 Å². The van der Waals surface area contributed by atoms with Gasteiger partial charge in [0.2, 0.25) is 0 Å². The van der Waals surface area contributed by atoms with Gasteiger partial charge in [0.25, 0.3) is 0 Å². The fourth-order valence-corrected chi connectivity index (χ4v) is 13.6. The van der Waals surface area contributed by atoms with Gasteiger partial charge in [-0.25, -0.2) is 0 Å². The Morgan fingerprint density at radius 1 is 0.597 bits per heavy atom. The molecule has 0 aromatic heterocycles. The third-order valence-electron chi connectivity index (χ3n) is 17.8. The van der Waals surface area contributed by atoms with Crippen LogP contribution in [0.3, 0.4) is 0 Å². The van der Waals surface area contributed by atoms with Crippen LogP contribution in [0.2, 0.25) is 0 Å². The fraction of sp³-hybridized carbons (Fsp3) is 0.873. The summed E-state index contributed by atoms with van der Waals surface area (Å²) in [4.78, 5) is 23.8. The van der Waals surface area contributed by atoms with Gasteiger partial charge in [0.15, 0.2) is 0 Å². The van der Waals surface area contributed by atoms with E-state index in [9.17, 15) is 14.7 Å². The average Bonchev–Trinajstić information content (AvgIpc) is 3.66. The summed E-state index contributed by atoms with van der Waals surface area (Å²) in [5, 5.41) is 10.2. The van der Waals surface area contributed by atoms with E-state index in [-0.39, 0.29) is 18.0 Å². The monoisotopic (exact) mass is 933 g/mol. The highest BCUT2D eigenvalue weighted by Crippen LogP contribution is 2.67. The number of hydrogen-bond donors (Lipinski definition) is 1. The van der Waals surface area contributed by atoms with Gasteiger partial charge >= 0.3 is 11.9 Å². The van der Waals surface area contributed by atoms with Gasteiger partial charge in [-0.3, -0.25) is 9.59 Å². The molecule has 0 heterocycles. The largest absolute Gasteiger partial charge is 0.393 e. The summed E-state index contributed by atoms with van der Waals surface area (Å²) in [5.74, 6) is 4.77. The molecule has 4 rings (SSSR count). The molecular formula is C63H112O4. The first-order chi connectivity index (χ1) is 32.5. The zero-order valence-corrected chi connectivity index (χ0v) is 45.7. The number of fused-ring (bicyclic) bond motifs is 5. The van der Waals surface area contributed by atoms with Crippen LogP contribution in [0.5, 0.6) is 0 Å². The highest BCUT2D eigenvalue weighted by atomic mass is 16.6. The first kappa shape index (κ1) is 59.6. The van der Waals surface area contributed by atoms with Crippen LogP contribution in [0.25, 0.3) is 0 Å². The molecule has 0 radical (unpaired) electrons. The molecule has 1 N–H and O–H groups in total. The number of carbonyl (C=O) groups is 2. The lowest BCUT2D eigenvalue weighted by Gasteiger charge is -2.58. The molecule has 4 nitrogen and oxygen atoms in total. The minimum absolute atomic E-state index is 0.0766. The predicted molar refractivity (Wildman–Crippen MR) is 289 cm³/mol. The molecule has 0 aliphatic heterocycles. The zero-order valence-electron chi connectivity index (χ0n) is 45.7. The summed E-state index contributed by atoms with van der Waals surface area (Å²) < 4.78 is 4.99. The van der Waals surface area contributed by atoms with Crippen LogP contribution < -0.4 is 0 Å². The van der Waals surface area contributed by atoms with Crippen molar-refractivity contribution in [2.45, 2.75) is 305 Å². The van der Waals surface area contributed by atoms with Crippen molar-refractivity contribution in [1.82, 2.24) is 0 Å². The number of unbranched alkanes of at least 4 members (excludes halogenated alkanes) is 22. The summed E-state index contributed by atoms with van der Waals surface area (Å²) in [6.45, 7) is 17.1. The number of carbonyl (C=O) groups excluding carboxylic acids is 2. The number of ether oxygens (including phenoxy) is 1. The highest BCUT2D eigenvalue weighted by molar-refractivity contribution is 5.85. The molecule has 0 bridgehead atoms. The Hall–Kier alpha value is -1.68. The van der Waals surface area contributed by atoms with Crippen molar-refractivity contribution >= 4 is 11.9 Å². The highest BCUT2D eigenvalue weighted by Gasteiger charge is 2.59. The quantitative estimate of drug-likeness (QED) is 0.0298. The molecule has 4 aliphatic rings. The molecule has 3 fully saturated rings. The summed E-state index contributed by atoms with van der Waals surface area (Å²) in [6.07, 6.45) is 59.4. The van der Waals surface area contributed by atoms with Gasteiger partial charge < -0.3 is 9.84 Å². The van der Waals surface area contributed by atoms with Crippen molar-refractivity contribution < 1.29 is 19.4 Å². The average molecular weight is 934 g/mol. The van der Waals surface area contributed by atoms with Crippen LogP contribution in [-0.4, -0.2) is 23.1 Å². The van der Waals surface area contributed by atoms with E-state index in [4.69, 9.17) is 4.74 Å². The second-order valence-corrected chi connectivity index (χ2v) is 23.7. The SMILES string of the molecule is CC(C)CCCC(C)[C@H]1CC[C@H]2[C@@H]3CC=C4C[C@@H](O)CC[C@]4(C)[C@H]3CC[C@]12C.CCCCCCCCC=CCCCCCCCC(=O)OC(=O)CCCCCCC/C=C\CCCCCCCC. The van der Waals surface area contributed by atoms with E-state index in [1.807, 2.05) is 0 Å². The summed E-state index contributed by atoms with van der Waals surface area (Å²) in [6, 6.07) is 0. The van der Waals surface area contributed by atoms with Crippen LogP contribution in [0.15, 0.2) is 36.0 Å². The number of rotatable bonds is 35. The standard InChI is InChI=1S/C36H66O3.C27H46O/c1-3-5-7-9-11-13-15-17-19-21-23-25-27-29-31-33-35(37)39-36(38)34-32-30-28-26-24-22-20-18-16-14-12-10-8-6-4-2;1-18(2)7-6-8-19(3)23-11-12-24-22-10-9-20-17-21(28)13-15-26(20,4)25(22)14-16-27(23,24)5/h17-20H,3-16,21-34H2,1-2H3;9,18-19,21-25,28H,6-8,10-17H2,1-5H3/b19-17-,20-18?;/t;19?,21-,22-,23+,24-,25-,26-,27+/m.0/s1. The van der Waals surface area contributed by atoms with Gasteiger partial charge in [-0.15, -0.1) is 0 Å². The van der Waals surface area contributed by atoms with Crippen LogP contribution in [-0.2, 0) is 14.3 Å². The Balaban J connectivity index is 0.000000371. The Morgan fingerprint density at radius 3 is 1.57 bits per heavy atom. The van der Waals surface area contributed by atoms with Crippen LogP contribution in [0, 0.1) is 46.3 Å². The van der Waals surface area contributed by atoms with Crippen molar-refractivity contribution in [2.75, 3.05) is 0 Å². The molecule has 0 spiro atoms. The molecule has 1 unspecified atom stereocenters. The van der Waals surface area contributed by atoms with E-state index in [0.29, 0.717) is 23.7 Å². The fourth-order valence-electron chi connectivity index (χ4n) is 13.6. The predicted octanol–water partition coefficient (Wildman–Crippen LogP) is 19.5. The second-order valence-electron chi connectivity index (χ2n) is 23.7. The first-order valence-electron chi connectivity index (χ1n) is 29.9. The Bertz CT molecular complexity index is 1330. The van der Waals surface area contributed by atoms with Crippen molar-refractivity contribution in [1.29, 1.82) is 0 Å². The van der Waals surface area contributed by atoms with Crippen molar-refractivity contribution in [3.05, 3.63) is 36.0 Å². The van der Waals surface area contributed by atoms with Crippen molar-refractivity contribution in [3.8, 4) is 0 Å². The zero-order chi connectivity index (χ0) is 48.6. The number of allylic oxidation sites excluding steroid dienone is 5. The van der Waals surface area contributed by atoms with Gasteiger partial charge in [-0.05, 0) is 162 Å². The Kier molecular flexibility index (Phi) is 31.5. The Morgan fingerprint density at radius 2 is 1.07 bits per heavy atom. The molecule has 388 valence electrons. The summed E-state index contributed by atoms with van der Waals surface area (Å²) in [7, 11) is 0. The molecule has 0 aromatic rings. The third kappa shape index (κ3) is 23.0. The van der Waals surface area contributed by atoms with Gasteiger partial charge in [-0.2, -0.15) is 0 Å². The third-order valence-corrected chi connectivity index (χ3v) is 17.8. The number of hydrogen-bond acceptors (Lipinski definition) is 4. The number of aliphatic hydroxyl groups is 1. The van der Waals surface area contributed by atoms with E-state index in [1.54, 1.807) is 5.57 Å². The summed E-state index contributed by atoms with van der Waals surface area (Å²) in [5.41, 5.74) is 2.60. The van der Waals surface area contributed by atoms with Crippen LogP contribution in [0.1, 0.15) is 299 Å². The lowest BCUT2D eigenvalue weighted by Crippen LogP contribution is -2.50. The summed E-state index contributed by atoms with van der Waals surface area (Å²) >= 11 is 0. The molecule has 3 saturated carbocycles. The Labute approximate surface area is 417 Å². The van der Waals surface area contributed by atoms with E-state index in [2.05, 4.69) is 78.8 Å². The maximum Gasteiger partial charge on any atom is 0.313 e. The second kappa shape index (κ2) is 35.4. The van der Waals surface area contributed by atoms with E-state index in [1.165, 1.54) is 186 Å². The van der Waals surface area contributed by atoms with E-state index < -0.39 is 0 Å². The maximum absolute atomic E-state index is 11.9. The lowest BCUT2D eigenvalue weighted by molar-refractivity contribution is -0.159. The van der Waals surface area contributed by atoms with Gasteiger partial charge in [0.1, 0.15) is 0 Å². The van der Waals surface area contributed by atoms with Gasteiger partial charge in [0, 0.05) is 12.8 Å². The van der Waals surface area contributed by atoms with Crippen molar-refractivity contribution in [3.63, 3.8) is 0 Å². The maximum atomic E-state index is 11.9. The van der Waals surface area contributed by atoms with E-state index >= 15 is 0 Å². The normalized spacial score (nSPS) is 26.2. The molecule has 4 aliphatic carbocycles. The first-order valence-corrected chi connectivity index (χ1v) is 29.9. The van der Waals surface area contributed by atoms with Gasteiger partial charge in [0.05, 0.1) is 6.10 Å². The molecule has 8 atom stereocenters. The van der Waals surface area contributed by atoms with Crippen LogP contribution >= 0.6 is 0 Å². The molecule has 67 heavy (non-hydrogen) atoms. The molecule has 0 aromatic carbocycles. The van der Waals surface area contributed by atoms with Crippen LogP contribution in [0.4, 0.5) is 0 Å². The van der Waals surface area contributed by atoms with Gasteiger partial charge in [-0.1, -0.05) is 206 Å². The molecular weight excluding hydrogens is 821 g/mol. The molecule has 0 saturated heterocycles. The minimum atomic E-state index is -0.342. The number of aliphatic hydroxyl groups excluding tert-OH is 1. The topological polar surface area (TPSA) is 63.6 Å². The minimum Gasteiger partial charge on any atom is -0.393 e. The molecule has 4 heteroatoms. The number of esters is 2. The molecule has 0 amide bonds. The lowest BCUT2D eigenvalue weighted by atomic mass is 9.47. The van der Waals surface area contributed by atoms with E-state index in [0.717, 1.165) is 86.9 Å².